The molecule has 0 amide bonds. The van der Waals surface area contributed by atoms with Crippen molar-refractivity contribution in [3.63, 3.8) is 0 Å². The number of aliphatic hydroxyl groups excluding tert-OH is 1. The molecule has 0 aliphatic heterocycles. The second-order valence-corrected chi connectivity index (χ2v) is 6.74. The van der Waals surface area contributed by atoms with Gasteiger partial charge in [-0.05, 0) is 61.6 Å². The Balaban J connectivity index is 2.12. The lowest BCUT2D eigenvalue weighted by molar-refractivity contribution is -0.143. The summed E-state index contributed by atoms with van der Waals surface area (Å²) in [5.74, 6) is 0.391. The molecule has 27 heavy (non-hydrogen) atoms. The summed E-state index contributed by atoms with van der Waals surface area (Å²) in [5.41, 5.74) is 5.64. The van der Waals surface area contributed by atoms with Gasteiger partial charge in [0.1, 0.15) is 5.82 Å². The highest BCUT2D eigenvalue weighted by Gasteiger charge is 2.23. The average Bonchev–Trinajstić information content (AvgIpc) is 3.03. The molecule has 2 heterocycles. The minimum absolute atomic E-state index is 0.0345. The van der Waals surface area contributed by atoms with Gasteiger partial charge in [0, 0.05) is 12.1 Å². The van der Waals surface area contributed by atoms with Crippen LogP contribution in [0.4, 0.5) is 0 Å². The van der Waals surface area contributed by atoms with Crippen LogP contribution in [0.25, 0.3) is 5.65 Å². The monoisotopic (exact) mass is 367 g/mol. The van der Waals surface area contributed by atoms with Crippen LogP contribution in [0.15, 0.2) is 30.5 Å². The molecule has 0 aliphatic carbocycles. The highest BCUT2D eigenvalue weighted by Crippen LogP contribution is 2.33. The normalized spacial score (nSPS) is 12.3. The van der Waals surface area contributed by atoms with Gasteiger partial charge in [-0.25, -0.2) is 0 Å². The van der Waals surface area contributed by atoms with Crippen molar-refractivity contribution >= 4 is 11.6 Å². The van der Waals surface area contributed by atoms with Crippen LogP contribution in [-0.4, -0.2) is 32.3 Å². The Morgan fingerprint density at radius 3 is 2.70 bits per heavy atom. The average molecular weight is 367 g/mol. The molecule has 0 saturated heterocycles. The number of hydrogen-bond acceptors (Lipinski definition) is 5. The molecule has 1 aromatic carbocycles. The van der Waals surface area contributed by atoms with Gasteiger partial charge in [-0.15, -0.1) is 10.2 Å². The zero-order valence-corrected chi connectivity index (χ0v) is 16.2. The van der Waals surface area contributed by atoms with Gasteiger partial charge in [-0.3, -0.25) is 9.20 Å². The van der Waals surface area contributed by atoms with Crippen LogP contribution < -0.4 is 0 Å². The van der Waals surface area contributed by atoms with Crippen LogP contribution in [0, 0.1) is 20.8 Å². The Hall–Kier alpha value is -2.73. The molecule has 0 aliphatic rings. The van der Waals surface area contributed by atoms with Gasteiger partial charge in [-0.2, -0.15) is 0 Å². The number of benzene rings is 1. The number of fused-ring (bicyclic) bond motifs is 1. The maximum atomic E-state index is 12.3. The number of pyridine rings is 1. The molecule has 0 saturated carbocycles. The Morgan fingerprint density at radius 2 is 2.00 bits per heavy atom. The lowest BCUT2D eigenvalue weighted by Crippen LogP contribution is -2.14. The molecule has 0 fully saturated rings. The van der Waals surface area contributed by atoms with Gasteiger partial charge in [0.15, 0.2) is 5.65 Å². The number of nitrogens with zero attached hydrogens (tertiary/aromatic N) is 3. The van der Waals surface area contributed by atoms with Crippen molar-refractivity contribution in [3.8, 4) is 0 Å². The van der Waals surface area contributed by atoms with Crippen LogP contribution in [0.1, 0.15) is 52.9 Å². The number of aryl methyl sites for hydroxylation is 3. The van der Waals surface area contributed by atoms with Gasteiger partial charge < -0.3 is 9.84 Å². The lowest BCUT2D eigenvalue weighted by Gasteiger charge is -2.21. The van der Waals surface area contributed by atoms with Crippen LogP contribution in [-0.2, 0) is 16.1 Å². The van der Waals surface area contributed by atoms with Gasteiger partial charge >= 0.3 is 5.97 Å². The fourth-order valence-electron chi connectivity index (χ4n) is 3.46. The summed E-state index contributed by atoms with van der Waals surface area (Å²) >= 11 is 0. The van der Waals surface area contributed by atoms with Gasteiger partial charge in [0.05, 0.1) is 19.6 Å². The topological polar surface area (TPSA) is 76.7 Å². The Bertz CT molecular complexity index is 978. The standard InChI is InChI=1S/C21H25N3O3/c1-5-27-20(26)11-19(16-7-6-13(2)17(10-16)12-25)18-8-9-24-15(4)22-23-21(24)14(18)3/h6-10,19,25H,5,11-12H2,1-4H3/t19-/m0/s1. The molecule has 3 rings (SSSR count). The second kappa shape index (κ2) is 7.88. The zero-order valence-electron chi connectivity index (χ0n) is 16.2. The first-order chi connectivity index (χ1) is 13.0. The molecule has 142 valence electrons. The number of carbonyl (C=O) groups is 1. The van der Waals surface area contributed by atoms with Crippen LogP contribution >= 0.6 is 0 Å². The highest BCUT2D eigenvalue weighted by atomic mass is 16.5. The predicted molar refractivity (Wildman–Crippen MR) is 103 cm³/mol. The Labute approximate surface area is 158 Å². The smallest absolute Gasteiger partial charge is 0.306 e. The van der Waals surface area contributed by atoms with Gasteiger partial charge in [0.2, 0.25) is 0 Å². The molecule has 6 heteroatoms. The number of ether oxygens (including phenoxy) is 1. The maximum absolute atomic E-state index is 12.3. The molecule has 1 N–H and O–H groups in total. The van der Waals surface area contributed by atoms with Crippen LogP contribution in [0.5, 0.6) is 0 Å². The number of aliphatic hydroxyl groups is 1. The van der Waals surface area contributed by atoms with Crippen molar-refractivity contribution in [1.82, 2.24) is 14.6 Å². The Morgan fingerprint density at radius 1 is 1.22 bits per heavy atom. The molecule has 2 aromatic heterocycles. The van der Waals surface area contributed by atoms with Gasteiger partial charge in [0.25, 0.3) is 0 Å². The zero-order chi connectivity index (χ0) is 19.6. The first-order valence-electron chi connectivity index (χ1n) is 9.13. The minimum atomic E-state index is -0.245. The van der Waals surface area contributed by atoms with Crippen molar-refractivity contribution in [2.24, 2.45) is 0 Å². The molecule has 1 atom stereocenters. The molecule has 0 spiro atoms. The number of hydrogen-bond donors (Lipinski definition) is 1. The quantitative estimate of drug-likeness (QED) is 0.677. The molecule has 0 radical (unpaired) electrons. The number of rotatable bonds is 6. The number of esters is 1. The largest absolute Gasteiger partial charge is 0.466 e. The van der Waals surface area contributed by atoms with E-state index in [1.807, 2.05) is 55.6 Å². The SMILES string of the molecule is CCOC(=O)C[C@@H](c1ccc(C)c(CO)c1)c1ccn2c(C)nnc2c1C. The highest BCUT2D eigenvalue weighted by molar-refractivity contribution is 5.72. The first kappa shape index (κ1) is 19.0. The Kier molecular flexibility index (Phi) is 5.56. The van der Waals surface area contributed by atoms with E-state index in [-0.39, 0.29) is 24.9 Å². The lowest BCUT2D eigenvalue weighted by atomic mass is 9.85. The van der Waals surface area contributed by atoms with E-state index < -0.39 is 0 Å². The fourth-order valence-corrected chi connectivity index (χ4v) is 3.46. The molecule has 3 aromatic rings. The van der Waals surface area contributed by atoms with E-state index in [0.29, 0.717) is 6.61 Å². The third-order valence-corrected chi connectivity index (χ3v) is 5.04. The second-order valence-electron chi connectivity index (χ2n) is 6.74. The van der Waals surface area contributed by atoms with E-state index in [0.717, 1.165) is 39.3 Å². The van der Waals surface area contributed by atoms with Crippen molar-refractivity contribution < 1.29 is 14.6 Å². The third kappa shape index (κ3) is 3.71. The van der Waals surface area contributed by atoms with E-state index in [1.54, 1.807) is 6.92 Å². The van der Waals surface area contributed by atoms with E-state index >= 15 is 0 Å². The minimum Gasteiger partial charge on any atom is -0.466 e. The van der Waals surface area contributed by atoms with Crippen molar-refractivity contribution in [2.75, 3.05) is 6.61 Å². The van der Waals surface area contributed by atoms with E-state index in [9.17, 15) is 9.90 Å². The van der Waals surface area contributed by atoms with E-state index in [2.05, 4.69) is 10.2 Å². The fraction of sp³-hybridized carbons (Fsp3) is 0.381. The summed E-state index contributed by atoms with van der Waals surface area (Å²) in [5, 5.41) is 18.1. The van der Waals surface area contributed by atoms with Crippen molar-refractivity contribution in [2.45, 2.75) is 46.6 Å². The summed E-state index contributed by atoms with van der Waals surface area (Å²) < 4.78 is 7.14. The van der Waals surface area contributed by atoms with Crippen LogP contribution in [0.3, 0.4) is 0 Å². The molecule has 0 unspecified atom stereocenters. The van der Waals surface area contributed by atoms with Crippen molar-refractivity contribution in [3.05, 3.63) is 64.1 Å². The molecular weight excluding hydrogens is 342 g/mol. The maximum Gasteiger partial charge on any atom is 0.306 e. The van der Waals surface area contributed by atoms with Crippen molar-refractivity contribution in [1.29, 1.82) is 0 Å². The third-order valence-electron chi connectivity index (χ3n) is 5.04. The summed E-state index contributed by atoms with van der Waals surface area (Å²) in [4.78, 5) is 12.3. The van der Waals surface area contributed by atoms with E-state index in [4.69, 9.17) is 4.74 Å². The molecule has 6 nitrogen and oxygen atoms in total. The first-order valence-corrected chi connectivity index (χ1v) is 9.13. The number of carbonyl (C=O) groups excluding carboxylic acids is 1. The van der Waals surface area contributed by atoms with Gasteiger partial charge in [-0.1, -0.05) is 18.2 Å². The number of aromatic nitrogens is 3. The predicted octanol–water partition coefficient (Wildman–Crippen LogP) is 3.23. The van der Waals surface area contributed by atoms with Crippen LogP contribution in [0.2, 0.25) is 0 Å². The summed E-state index contributed by atoms with van der Waals surface area (Å²) in [6, 6.07) is 7.98. The molecular formula is C21H25N3O3. The van der Waals surface area contributed by atoms with E-state index in [1.165, 1.54) is 0 Å². The summed E-state index contributed by atoms with van der Waals surface area (Å²) in [6.45, 7) is 7.99. The summed E-state index contributed by atoms with van der Waals surface area (Å²) in [6.07, 6.45) is 2.16. The summed E-state index contributed by atoms with van der Waals surface area (Å²) in [7, 11) is 0. The molecule has 0 bridgehead atoms.